The Kier molecular flexibility index (Phi) is 5.12. The summed E-state index contributed by atoms with van der Waals surface area (Å²) in [4.78, 5) is 16.5. The van der Waals surface area contributed by atoms with E-state index in [9.17, 15) is 4.79 Å². The fraction of sp³-hybridized carbons (Fsp3) is 0.150. The third-order valence-electron chi connectivity index (χ3n) is 4.44. The second kappa shape index (κ2) is 7.34. The van der Waals surface area contributed by atoms with Crippen LogP contribution >= 0.6 is 11.6 Å². The number of hydrogen-bond acceptors (Lipinski definition) is 4. The van der Waals surface area contributed by atoms with Gasteiger partial charge in [0.2, 0.25) is 5.91 Å². The summed E-state index contributed by atoms with van der Waals surface area (Å²) < 4.78 is 5.55. The lowest BCUT2D eigenvalue weighted by Crippen LogP contribution is -2.15. The largest absolute Gasteiger partial charge is 0.412 e. The van der Waals surface area contributed by atoms with Gasteiger partial charge in [0.25, 0.3) is 0 Å². The molecule has 0 fully saturated rings. The third-order valence-corrected chi connectivity index (χ3v) is 4.69. The molecule has 1 aromatic heterocycles. The average molecular weight is 384 g/mol. The number of fused-ring (bicyclic) bond motifs is 3. The van der Waals surface area contributed by atoms with Crippen LogP contribution in [0, 0.1) is 6.92 Å². The lowest BCUT2D eigenvalue weighted by atomic mass is 9.93. The number of carbonyl (C=O) groups excluding carboxylic acids is 1. The van der Waals surface area contributed by atoms with E-state index in [-0.39, 0.29) is 11.9 Å². The van der Waals surface area contributed by atoms with Crippen molar-refractivity contribution in [1.82, 2.24) is 5.16 Å². The predicted octanol–water partition coefficient (Wildman–Crippen LogP) is 3.25. The van der Waals surface area contributed by atoms with E-state index in [0.717, 1.165) is 33.7 Å². The maximum absolute atomic E-state index is 11.6. The molecule has 2 heterocycles. The number of carbonyl (C=O) groups is 1. The first-order valence-corrected chi connectivity index (χ1v) is 8.60. The first-order chi connectivity index (χ1) is 12.5. The number of benzene rings is 2. The van der Waals surface area contributed by atoms with Crippen LogP contribution in [0.5, 0.6) is 0 Å². The Morgan fingerprint density at radius 3 is 2.48 bits per heavy atom. The molecule has 4 N–H and O–H groups in total. The van der Waals surface area contributed by atoms with E-state index < -0.39 is 11.9 Å². The maximum atomic E-state index is 11.6. The minimum absolute atomic E-state index is 0. The molecule has 0 radical (unpaired) electrons. The van der Waals surface area contributed by atoms with Crippen LogP contribution in [0.2, 0.25) is 5.02 Å². The zero-order valence-electron chi connectivity index (χ0n) is 14.6. The Balaban J connectivity index is 0.00000210. The number of primary amides is 1. The zero-order valence-corrected chi connectivity index (χ0v) is 15.3. The summed E-state index contributed by atoms with van der Waals surface area (Å²) >= 11 is 6.03. The van der Waals surface area contributed by atoms with Gasteiger partial charge in [0, 0.05) is 16.1 Å². The van der Waals surface area contributed by atoms with Crippen molar-refractivity contribution >= 4 is 23.2 Å². The molecule has 0 saturated heterocycles. The van der Waals surface area contributed by atoms with E-state index in [2.05, 4.69) is 5.16 Å². The van der Waals surface area contributed by atoms with Gasteiger partial charge in [-0.3, -0.25) is 9.79 Å². The van der Waals surface area contributed by atoms with Crippen molar-refractivity contribution in [2.75, 3.05) is 0 Å². The van der Waals surface area contributed by atoms with E-state index in [1.54, 1.807) is 0 Å². The van der Waals surface area contributed by atoms with Crippen molar-refractivity contribution in [3.8, 4) is 11.1 Å². The molecule has 1 amide bonds. The normalized spacial score (nSPS) is 15.0. The van der Waals surface area contributed by atoms with Crippen molar-refractivity contribution < 1.29 is 14.8 Å². The lowest BCUT2D eigenvalue weighted by molar-refractivity contribution is -0.118. The fourth-order valence-electron chi connectivity index (χ4n) is 3.30. The molecule has 6 nitrogen and oxygen atoms in total. The summed E-state index contributed by atoms with van der Waals surface area (Å²) in [6.07, 6.45) is 0.0483. The SMILES string of the molecule is Cc1noc2c1-c1ccccc1C(c1ccc(Cl)cc1)=NC2CC(N)=O.O. The second-order valence-electron chi connectivity index (χ2n) is 6.22. The molecular formula is C20H18ClN3O3. The number of aryl methyl sites for hydroxylation is 1. The van der Waals surface area contributed by atoms with Gasteiger partial charge >= 0.3 is 0 Å². The summed E-state index contributed by atoms with van der Waals surface area (Å²) in [6, 6.07) is 14.9. The van der Waals surface area contributed by atoms with Gasteiger partial charge in [0.05, 0.1) is 23.4 Å². The van der Waals surface area contributed by atoms with Crippen LogP contribution in [-0.2, 0) is 4.79 Å². The third kappa shape index (κ3) is 3.37. The van der Waals surface area contributed by atoms with Crippen molar-refractivity contribution in [3.05, 3.63) is 76.1 Å². The van der Waals surface area contributed by atoms with Crippen molar-refractivity contribution in [2.24, 2.45) is 10.7 Å². The van der Waals surface area contributed by atoms with Crippen LogP contribution in [0.3, 0.4) is 0 Å². The molecule has 1 aliphatic rings. The first kappa shape index (κ1) is 18.8. The molecule has 1 unspecified atom stereocenters. The fourth-order valence-corrected chi connectivity index (χ4v) is 3.43. The highest BCUT2D eigenvalue weighted by Crippen LogP contribution is 2.40. The minimum atomic E-state index is -0.526. The average Bonchev–Trinajstić information content (AvgIpc) is 2.94. The molecule has 0 bridgehead atoms. The number of halogens is 1. The van der Waals surface area contributed by atoms with Crippen LogP contribution in [0.15, 0.2) is 58.0 Å². The Morgan fingerprint density at radius 2 is 1.81 bits per heavy atom. The van der Waals surface area contributed by atoms with Crippen LogP contribution in [0.25, 0.3) is 11.1 Å². The zero-order chi connectivity index (χ0) is 18.3. The molecule has 27 heavy (non-hydrogen) atoms. The highest BCUT2D eigenvalue weighted by atomic mass is 35.5. The van der Waals surface area contributed by atoms with Gasteiger partial charge in [0.1, 0.15) is 6.04 Å². The Bertz CT molecular complexity index is 1030. The molecular weight excluding hydrogens is 366 g/mol. The molecule has 3 aromatic rings. The van der Waals surface area contributed by atoms with Gasteiger partial charge in [0.15, 0.2) is 5.76 Å². The van der Waals surface area contributed by atoms with Gasteiger partial charge in [-0.15, -0.1) is 0 Å². The van der Waals surface area contributed by atoms with Crippen LogP contribution < -0.4 is 5.73 Å². The van der Waals surface area contributed by atoms with Gasteiger partial charge in [-0.1, -0.05) is 53.2 Å². The summed E-state index contributed by atoms with van der Waals surface area (Å²) in [6.45, 7) is 1.88. The van der Waals surface area contributed by atoms with Crippen LogP contribution in [0.4, 0.5) is 0 Å². The lowest BCUT2D eigenvalue weighted by Gasteiger charge is -2.11. The Labute approximate surface area is 161 Å². The number of aliphatic imine (C=N–C) groups is 1. The number of aromatic nitrogens is 1. The van der Waals surface area contributed by atoms with E-state index >= 15 is 0 Å². The van der Waals surface area contributed by atoms with Crippen LogP contribution in [-0.4, -0.2) is 22.3 Å². The summed E-state index contributed by atoms with van der Waals surface area (Å²) in [5.74, 6) is 0.123. The molecule has 4 rings (SSSR count). The number of nitrogens with zero attached hydrogens (tertiary/aromatic N) is 2. The number of hydrogen-bond donors (Lipinski definition) is 1. The summed E-state index contributed by atoms with van der Waals surface area (Å²) in [5, 5.41) is 4.74. The van der Waals surface area contributed by atoms with E-state index in [0.29, 0.717) is 10.8 Å². The minimum Gasteiger partial charge on any atom is -0.412 e. The van der Waals surface area contributed by atoms with Crippen LogP contribution in [0.1, 0.15) is 35.0 Å². The van der Waals surface area contributed by atoms with E-state index in [4.69, 9.17) is 26.9 Å². The first-order valence-electron chi connectivity index (χ1n) is 8.22. The maximum Gasteiger partial charge on any atom is 0.220 e. The monoisotopic (exact) mass is 383 g/mol. The Morgan fingerprint density at radius 1 is 1.15 bits per heavy atom. The molecule has 7 heteroatoms. The smallest absolute Gasteiger partial charge is 0.220 e. The predicted molar refractivity (Wildman–Crippen MR) is 104 cm³/mol. The molecule has 1 atom stereocenters. The number of amides is 1. The highest BCUT2D eigenvalue weighted by molar-refractivity contribution is 6.30. The van der Waals surface area contributed by atoms with Gasteiger partial charge < -0.3 is 15.7 Å². The van der Waals surface area contributed by atoms with Gasteiger partial charge in [-0.05, 0) is 24.6 Å². The summed E-state index contributed by atoms with van der Waals surface area (Å²) in [7, 11) is 0. The molecule has 0 saturated carbocycles. The van der Waals surface area contributed by atoms with Crippen molar-refractivity contribution in [3.63, 3.8) is 0 Å². The topological polar surface area (TPSA) is 113 Å². The Hall–Kier alpha value is -2.96. The molecule has 0 spiro atoms. The molecule has 2 aromatic carbocycles. The standard InChI is InChI=1S/C20H16ClN3O2.H2O/c1-11-18-14-4-2-3-5-15(14)19(12-6-8-13(21)9-7-12)23-16(10-17(22)25)20(18)26-24-11;/h2-9,16H,10H2,1H3,(H2,22,25);1H2. The quantitative estimate of drug-likeness (QED) is 0.748. The highest BCUT2D eigenvalue weighted by Gasteiger charge is 2.30. The van der Waals surface area contributed by atoms with E-state index in [1.165, 1.54) is 0 Å². The number of rotatable bonds is 3. The molecule has 138 valence electrons. The van der Waals surface area contributed by atoms with E-state index in [1.807, 2.05) is 55.5 Å². The second-order valence-corrected chi connectivity index (χ2v) is 6.66. The van der Waals surface area contributed by atoms with Crippen molar-refractivity contribution in [2.45, 2.75) is 19.4 Å². The summed E-state index contributed by atoms with van der Waals surface area (Å²) in [5.41, 5.74) is 10.7. The van der Waals surface area contributed by atoms with Gasteiger partial charge in [-0.25, -0.2) is 0 Å². The molecule has 0 aliphatic carbocycles. The molecule has 1 aliphatic heterocycles. The number of nitrogens with two attached hydrogens (primary N) is 1. The van der Waals surface area contributed by atoms with Crippen molar-refractivity contribution in [1.29, 1.82) is 0 Å². The van der Waals surface area contributed by atoms with Gasteiger partial charge in [-0.2, -0.15) is 0 Å².